The number of hydrogen-bond acceptors (Lipinski definition) is 3. The van der Waals surface area contributed by atoms with Crippen molar-refractivity contribution in [2.75, 3.05) is 7.11 Å². The summed E-state index contributed by atoms with van der Waals surface area (Å²) in [5.41, 5.74) is 0. The van der Waals surface area contributed by atoms with E-state index in [9.17, 15) is 4.57 Å². The molecule has 4 nitrogen and oxygen atoms in total. The Hall–Kier alpha value is 0.110. The Morgan fingerprint density at radius 2 is 2.00 bits per heavy atom. The fraction of sp³-hybridized carbons (Fsp3) is 1.00. The Morgan fingerprint density at radius 3 is 2.45 bits per heavy atom. The molecular formula is C6H13O4P. The maximum atomic E-state index is 10.8. The first kappa shape index (κ1) is 9.20. The molecule has 0 aromatic carbocycles. The van der Waals surface area contributed by atoms with Gasteiger partial charge in [-0.05, 0) is 12.8 Å². The molecular weight excluding hydrogens is 167 g/mol. The third kappa shape index (κ3) is 2.91. The molecule has 1 N–H and O–H groups in total. The zero-order valence-electron chi connectivity index (χ0n) is 6.52. The van der Waals surface area contributed by atoms with E-state index in [0.717, 1.165) is 25.7 Å². The average molecular weight is 180 g/mol. The summed E-state index contributed by atoms with van der Waals surface area (Å²) in [5, 5.41) is 0. The molecule has 1 aliphatic carbocycles. The van der Waals surface area contributed by atoms with Gasteiger partial charge in [-0.2, -0.15) is 0 Å². The highest BCUT2D eigenvalue weighted by molar-refractivity contribution is 7.47. The minimum absolute atomic E-state index is 0.0780. The van der Waals surface area contributed by atoms with Gasteiger partial charge in [0.15, 0.2) is 0 Å². The molecule has 11 heavy (non-hydrogen) atoms. The van der Waals surface area contributed by atoms with Gasteiger partial charge in [0, 0.05) is 7.11 Å². The van der Waals surface area contributed by atoms with Crippen LogP contribution in [0.2, 0.25) is 0 Å². The summed E-state index contributed by atoms with van der Waals surface area (Å²) < 4.78 is 20.0. The lowest BCUT2D eigenvalue weighted by atomic mass is 10.3. The van der Waals surface area contributed by atoms with E-state index in [1.54, 1.807) is 0 Å². The van der Waals surface area contributed by atoms with Crippen LogP contribution in [0.25, 0.3) is 0 Å². The van der Waals surface area contributed by atoms with Gasteiger partial charge in [0.2, 0.25) is 0 Å². The topological polar surface area (TPSA) is 55.8 Å². The monoisotopic (exact) mass is 180 g/mol. The molecule has 0 aliphatic heterocycles. The molecule has 0 amide bonds. The highest BCUT2D eigenvalue weighted by Gasteiger charge is 2.26. The largest absolute Gasteiger partial charge is 0.472 e. The third-order valence-electron chi connectivity index (χ3n) is 1.82. The fourth-order valence-corrected chi connectivity index (χ4v) is 1.90. The van der Waals surface area contributed by atoms with Crippen molar-refractivity contribution in [1.82, 2.24) is 0 Å². The van der Waals surface area contributed by atoms with E-state index >= 15 is 0 Å². The van der Waals surface area contributed by atoms with E-state index < -0.39 is 7.82 Å². The molecule has 1 fully saturated rings. The zero-order valence-corrected chi connectivity index (χ0v) is 7.42. The third-order valence-corrected chi connectivity index (χ3v) is 2.84. The van der Waals surface area contributed by atoms with Crippen molar-refractivity contribution in [3.05, 3.63) is 0 Å². The normalized spacial score (nSPS) is 25.3. The number of phosphoric acid groups is 1. The second-order valence-corrected chi connectivity index (χ2v) is 4.18. The standard InChI is InChI=1S/C6H13O4P/c1-9-11(7,8)10-6-4-2-3-5-6/h6H,2-5H2,1H3,(H,7,8). The SMILES string of the molecule is COP(=O)(O)OC1CCCC1. The van der Waals surface area contributed by atoms with Crippen LogP contribution in [0.1, 0.15) is 25.7 Å². The van der Waals surface area contributed by atoms with Gasteiger partial charge in [0.25, 0.3) is 0 Å². The van der Waals surface area contributed by atoms with Gasteiger partial charge in [-0.1, -0.05) is 12.8 Å². The summed E-state index contributed by atoms with van der Waals surface area (Å²) in [4.78, 5) is 8.89. The molecule has 5 heteroatoms. The van der Waals surface area contributed by atoms with Crippen LogP contribution in [0.3, 0.4) is 0 Å². The van der Waals surface area contributed by atoms with Crippen molar-refractivity contribution >= 4 is 7.82 Å². The molecule has 0 aromatic heterocycles. The van der Waals surface area contributed by atoms with Crippen LogP contribution in [0, 0.1) is 0 Å². The summed E-state index contributed by atoms with van der Waals surface area (Å²) in [6, 6.07) is 0. The van der Waals surface area contributed by atoms with E-state index in [1.807, 2.05) is 0 Å². The molecule has 0 radical (unpaired) electrons. The minimum Gasteiger partial charge on any atom is -0.302 e. The van der Waals surface area contributed by atoms with Crippen molar-refractivity contribution in [2.45, 2.75) is 31.8 Å². The molecule has 0 saturated heterocycles. The Labute approximate surface area is 66.1 Å². The van der Waals surface area contributed by atoms with Gasteiger partial charge in [-0.15, -0.1) is 0 Å². The Balaban J connectivity index is 2.34. The highest BCUT2D eigenvalue weighted by Crippen LogP contribution is 2.45. The molecule has 1 atom stereocenters. The summed E-state index contributed by atoms with van der Waals surface area (Å²) in [7, 11) is -2.55. The summed E-state index contributed by atoms with van der Waals surface area (Å²) >= 11 is 0. The van der Waals surface area contributed by atoms with E-state index in [1.165, 1.54) is 7.11 Å². The van der Waals surface area contributed by atoms with Crippen molar-refractivity contribution < 1.29 is 18.5 Å². The van der Waals surface area contributed by atoms with E-state index in [0.29, 0.717) is 0 Å². The lowest BCUT2D eigenvalue weighted by Gasteiger charge is -2.13. The molecule has 0 aromatic rings. The lowest BCUT2D eigenvalue weighted by Crippen LogP contribution is -2.05. The van der Waals surface area contributed by atoms with E-state index in [4.69, 9.17) is 9.42 Å². The van der Waals surface area contributed by atoms with Crippen LogP contribution in [-0.2, 0) is 13.6 Å². The second-order valence-electron chi connectivity index (χ2n) is 2.66. The number of hydrogen-bond donors (Lipinski definition) is 1. The van der Waals surface area contributed by atoms with Crippen LogP contribution >= 0.6 is 7.82 Å². The summed E-state index contributed by atoms with van der Waals surface area (Å²) in [5.74, 6) is 0. The average Bonchev–Trinajstić information content (AvgIpc) is 2.39. The van der Waals surface area contributed by atoms with Gasteiger partial charge in [0.05, 0.1) is 6.10 Å². The molecule has 1 unspecified atom stereocenters. The van der Waals surface area contributed by atoms with Gasteiger partial charge in [0.1, 0.15) is 0 Å². The quantitative estimate of drug-likeness (QED) is 0.671. The number of rotatable bonds is 3. The van der Waals surface area contributed by atoms with E-state index in [-0.39, 0.29) is 6.10 Å². The Bertz CT molecular complexity index is 164. The van der Waals surface area contributed by atoms with Crippen LogP contribution in [-0.4, -0.2) is 18.1 Å². The minimum atomic E-state index is -3.72. The van der Waals surface area contributed by atoms with Crippen LogP contribution in [0.15, 0.2) is 0 Å². The molecule has 1 saturated carbocycles. The highest BCUT2D eigenvalue weighted by atomic mass is 31.2. The first-order valence-corrected chi connectivity index (χ1v) is 5.20. The van der Waals surface area contributed by atoms with Gasteiger partial charge in [-0.25, -0.2) is 4.57 Å². The lowest BCUT2D eigenvalue weighted by molar-refractivity contribution is 0.122. The predicted octanol–water partition coefficient (Wildman–Crippen LogP) is 1.69. The van der Waals surface area contributed by atoms with Crippen molar-refractivity contribution in [3.8, 4) is 0 Å². The van der Waals surface area contributed by atoms with Gasteiger partial charge >= 0.3 is 7.82 Å². The summed E-state index contributed by atoms with van der Waals surface area (Å²) in [6.45, 7) is 0. The van der Waals surface area contributed by atoms with Gasteiger partial charge < -0.3 is 4.89 Å². The van der Waals surface area contributed by atoms with Crippen LogP contribution < -0.4 is 0 Å². The van der Waals surface area contributed by atoms with Crippen molar-refractivity contribution in [1.29, 1.82) is 0 Å². The van der Waals surface area contributed by atoms with E-state index in [2.05, 4.69) is 4.52 Å². The van der Waals surface area contributed by atoms with Crippen LogP contribution in [0.4, 0.5) is 0 Å². The van der Waals surface area contributed by atoms with Crippen LogP contribution in [0.5, 0.6) is 0 Å². The molecule has 0 heterocycles. The molecule has 0 spiro atoms. The first-order valence-electron chi connectivity index (χ1n) is 3.71. The molecule has 1 aliphatic rings. The summed E-state index contributed by atoms with van der Waals surface area (Å²) in [6.07, 6.45) is 3.82. The van der Waals surface area contributed by atoms with Gasteiger partial charge in [-0.3, -0.25) is 9.05 Å². The second kappa shape index (κ2) is 3.68. The zero-order chi connectivity index (χ0) is 8.32. The maximum Gasteiger partial charge on any atom is 0.472 e. The fourth-order valence-electron chi connectivity index (χ4n) is 1.23. The maximum absolute atomic E-state index is 10.8. The Kier molecular flexibility index (Phi) is 3.07. The predicted molar refractivity (Wildman–Crippen MR) is 40.2 cm³/mol. The molecule has 0 bridgehead atoms. The van der Waals surface area contributed by atoms with Crippen molar-refractivity contribution in [3.63, 3.8) is 0 Å². The molecule has 1 rings (SSSR count). The number of phosphoric ester groups is 1. The smallest absolute Gasteiger partial charge is 0.302 e. The van der Waals surface area contributed by atoms with Crippen molar-refractivity contribution in [2.24, 2.45) is 0 Å². The first-order chi connectivity index (χ1) is 5.14. The molecule has 66 valence electrons. The Morgan fingerprint density at radius 1 is 1.45 bits per heavy atom.